The van der Waals surface area contributed by atoms with Crippen LogP contribution in [0.5, 0.6) is 0 Å². The molecular weight excluding hydrogens is 276 g/mol. The van der Waals surface area contributed by atoms with Crippen LogP contribution < -0.4 is 10.6 Å². The van der Waals surface area contributed by atoms with Crippen molar-refractivity contribution in [3.05, 3.63) is 24.2 Å². The van der Waals surface area contributed by atoms with Gasteiger partial charge in [-0.2, -0.15) is 0 Å². The van der Waals surface area contributed by atoms with E-state index in [0.717, 1.165) is 31.4 Å². The van der Waals surface area contributed by atoms with E-state index >= 15 is 0 Å². The molecule has 22 heavy (non-hydrogen) atoms. The summed E-state index contributed by atoms with van der Waals surface area (Å²) in [7, 11) is 1.85. The smallest absolute Gasteiger partial charge is 0.191 e. The fourth-order valence-electron chi connectivity index (χ4n) is 3.60. The summed E-state index contributed by atoms with van der Waals surface area (Å²) in [5, 5.41) is 7.05. The predicted molar refractivity (Wildman–Crippen MR) is 89.0 cm³/mol. The lowest BCUT2D eigenvalue weighted by Gasteiger charge is -2.27. The van der Waals surface area contributed by atoms with E-state index in [1.807, 2.05) is 13.1 Å². The molecule has 0 aromatic carbocycles. The molecule has 2 N–H and O–H groups in total. The van der Waals surface area contributed by atoms with Gasteiger partial charge in [0.05, 0.1) is 12.3 Å². The first-order valence-electron chi connectivity index (χ1n) is 8.61. The van der Waals surface area contributed by atoms with E-state index in [1.165, 1.54) is 38.5 Å². The topological polar surface area (TPSA) is 52.8 Å². The molecule has 0 radical (unpaired) electrons. The molecule has 0 spiro atoms. The number of nitrogens with zero attached hydrogens (tertiary/aromatic N) is 2. The van der Waals surface area contributed by atoms with Gasteiger partial charge in [-0.05, 0) is 50.9 Å². The van der Waals surface area contributed by atoms with Crippen molar-refractivity contribution in [2.24, 2.45) is 4.99 Å². The van der Waals surface area contributed by atoms with Crippen molar-refractivity contribution in [3.63, 3.8) is 0 Å². The number of guanidine groups is 1. The van der Waals surface area contributed by atoms with Gasteiger partial charge in [-0.3, -0.25) is 9.89 Å². The summed E-state index contributed by atoms with van der Waals surface area (Å²) in [6.07, 6.45) is 9.51. The minimum Gasteiger partial charge on any atom is -0.468 e. The largest absolute Gasteiger partial charge is 0.468 e. The number of rotatable bonds is 5. The summed E-state index contributed by atoms with van der Waals surface area (Å²) in [4.78, 5) is 6.89. The third-order valence-corrected chi connectivity index (χ3v) is 4.84. The van der Waals surface area contributed by atoms with Gasteiger partial charge in [-0.1, -0.05) is 12.8 Å². The van der Waals surface area contributed by atoms with Gasteiger partial charge in [0.1, 0.15) is 5.76 Å². The van der Waals surface area contributed by atoms with Gasteiger partial charge >= 0.3 is 0 Å². The first-order chi connectivity index (χ1) is 10.9. The van der Waals surface area contributed by atoms with Crippen LogP contribution in [0.15, 0.2) is 27.8 Å². The van der Waals surface area contributed by atoms with Crippen molar-refractivity contribution >= 4 is 5.96 Å². The zero-order valence-corrected chi connectivity index (χ0v) is 13.6. The normalized spacial score (nSPS) is 22.1. The molecule has 1 unspecified atom stereocenters. The molecule has 5 nitrogen and oxygen atoms in total. The molecule has 1 saturated heterocycles. The van der Waals surface area contributed by atoms with Crippen LogP contribution in [0.4, 0.5) is 0 Å². The van der Waals surface area contributed by atoms with Gasteiger partial charge < -0.3 is 15.1 Å². The quantitative estimate of drug-likeness (QED) is 0.648. The minimum atomic E-state index is 0.291. The summed E-state index contributed by atoms with van der Waals surface area (Å²) >= 11 is 0. The highest BCUT2D eigenvalue weighted by Gasteiger charge is 2.26. The fraction of sp³-hybridized carbons (Fsp3) is 0.706. The SMILES string of the molecule is CN=C(NCC(c1ccco1)N1CCCC1)NC1CCCC1. The van der Waals surface area contributed by atoms with E-state index in [0.29, 0.717) is 12.1 Å². The minimum absolute atomic E-state index is 0.291. The second-order valence-corrected chi connectivity index (χ2v) is 6.35. The van der Waals surface area contributed by atoms with E-state index in [4.69, 9.17) is 4.42 Å². The van der Waals surface area contributed by atoms with Gasteiger partial charge in [0, 0.05) is 19.6 Å². The molecule has 1 saturated carbocycles. The first kappa shape index (κ1) is 15.4. The fourth-order valence-corrected chi connectivity index (χ4v) is 3.60. The lowest BCUT2D eigenvalue weighted by molar-refractivity contribution is 0.215. The Kier molecular flexibility index (Phi) is 5.38. The van der Waals surface area contributed by atoms with E-state index in [1.54, 1.807) is 6.26 Å². The van der Waals surface area contributed by atoms with Gasteiger partial charge in [0.2, 0.25) is 0 Å². The summed E-state index contributed by atoms with van der Waals surface area (Å²) in [6.45, 7) is 3.14. The maximum Gasteiger partial charge on any atom is 0.191 e. The average molecular weight is 304 g/mol. The van der Waals surface area contributed by atoms with Crippen molar-refractivity contribution < 1.29 is 4.42 Å². The standard InChI is InChI=1S/C17H28N4O/c1-18-17(20-14-7-2-3-8-14)19-13-15(16-9-6-12-22-16)21-10-4-5-11-21/h6,9,12,14-15H,2-5,7-8,10-11,13H2,1H3,(H2,18,19,20). The molecule has 1 aliphatic heterocycles. The molecule has 2 heterocycles. The third kappa shape index (κ3) is 3.83. The Bertz CT molecular complexity index is 459. The molecule has 1 aromatic rings. The number of furan rings is 1. The zero-order valence-electron chi connectivity index (χ0n) is 13.6. The second kappa shape index (κ2) is 7.68. The Hall–Kier alpha value is -1.49. The van der Waals surface area contributed by atoms with Crippen LogP contribution in [0.25, 0.3) is 0 Å². The number of hydrogen-bond donors (Lipinski definition) is 2. The van der Waals surface area contributed by atoms with E-state index < -0.39 is 0 Å². The molecule has 2 fully saturated rings. The maximum absolute atomic E-state index is 5.67. The lowest BCUT2D eigenvalue weighted by Crippen LogP contribution is -2.45. The Labute approximate surface area is 133 Å². The summed E-state index contributed by atoms with van der Waals surface area (Å²) < 4.78 is 5.67. The van der Waals surface area contributed by atoms with Gasteiger partial charge in [0.15, 0.2) is 5.96 Å². The number of hydrogen-bond acceptors (Lipinski definition) is 3. The van der Waals surface area contributed by atoms with E-state index in [2.05, 4.69) is 26.6 Å². The predicted octanol–water partition coefficient (Wildman–Crippen LogP) is 2.52. The average Bonchev–Trinajstić information content (AvgIpc) is 3.29. The number of nitrogens with one attached hydrogen (secondary N) is 2. The van der Waals surface area contributed by atoms with Crippen LogP contribution in [0.1, 0.15) is 50.3 Å². The summed E-state index contributed by atoms with van der Waals surface area (Å²) in [6, 6.07) is 4.93. The van der Waals surface area contributed by atoms with Crippen molar-refractivity contribution in [1.29, 1.82) is 0 Å². The molecule has 1 atom stereocenters. The van der Waals surface area contributed by atoms with Gasteiger partial charge in [-0.25, -0.2) is 0 Å². The Morgan fingerprint density at radius 3 is 2.73 bits per heavy atom. The zero-order chi connectivity index (χ0) is 15.2. The van der Waals surface area contributed by atoms with Crippen molar-refractivity contribution in [3.8, 4) is 0 Å². The van der Waals surface area contributed by atoms with Gasteiger partial charge in [0.25, 0.3) is 0 Å². The highest BCUT2D eigenvalue weighted by atomic mass is 16.3. The first-order valence-corrected chi connectivity index (χ1v) is 8.61. The summed E-state index contributed by atoms with van der Waals surface area (Å²) in [5.74, 6) is 1.97. The molecule has 1 aliphatic carbocycles. The molecule has 3 rings (SSSR count). The molecule has 5 heteroatoms. The Morgan fingerprint density at radius 2 is 2.09 bits per heavy atom. The van der Waals surface area contributed by atoms with Crippen LogP contribution in [0, 0.1) is 0 Å². The molecular formula is C17H28N4O. The van der Waals surface area contributed by atoms with Crippen molar-refractivity contribution in [2.75, 3.05) is 26.7 Å². The van der Waals surface area contributed by atoms with E-state index in [-0.39, 0.29) is 0 Å². The lowest BCUT2D eigenvalue weighted by atomic mass is 10.2. The van der Waals surface area contributed by atoms with Crippen LogP contribution in [-0.2, 0) is 0 Å². The molecule has 0 amide bonds. The monoisotopic (exact) mass is 304 g/mol. The van der Waals surface area contributed by atoms with Crippen LogP contribution in [0.2, 0.25) is 0 Å². The highest BCUT2D eigenvalue weighted by Crippen LogP contribution is 2.25. The van der Waals surface area contributed by atoms with Crippen LogP contribution >= 0.6 is 0 Å². The van der Waals surface area contributed by atoms with Gasteiger partial charge in [-0.15, -0.1) is 0 Å². The Balaban J connectivity index is 1.57. The molecule has 2 aliphatic rings. The van der Waals surface area contributed by atoms with Crippen LogP contribution in [-0.4, -0.2) is 43.6 Å². The van der Waals surface area contributed by atoms with E-state index in [9.17, 15) is 0 Å². The highest BCUT2D eigenvalue weighted by molar-refractivity contribution is 5.80. The summed E-state index contributed by atoms with van der Waals surface area (Å²) in [5.41, 5.74) is 0. The molecule has 122 valence electrons. The third-order valence-electron chi connectivity index (χ3n) is 4.84. The number of likely N-dealkylation sites (tertiary alicyclic amines) is 1. The Morgan fingerprint density at radius 1 is 1.32 bits per heavy atom. The molecule has 1 aromatic heterocycles. The second-order valence-electron chi connectivity index (χ2n) is 6.35. The van der Waals surface area contributed by atoms with Crippen LogP contribution in [0.3, 0.4) is 0 Å². The van der Waals surface area contributed by atoms with Crippen molar-refractivity contribution in [1.82, 2.24) is 15.5 Å². The van der Waals surface area contributed by atoms with Crippen molar-refractivity contribution in [2.45, 2.75) is 50.6 Å². The number of aliphatic imine (C=N–C) groups is 1. The molecule has 0 bridgehead atoms. The maximum atomic E-state index is 5.67.